The summed E-state index contributed by atoms with van der Waals surface area (Å²) in [5.41, 5.74) is 0.322. The number of hydrogen-bond acceptors (Lipinski definition) is 5. The third-order valence-electron chi connectivity index (χ3n) is 3.53. The van der Waals surface area contributed by atoms with Crippen molar-refractivity contribution in [3.05, 3.63) is 46.4 Å². The second kappa shape index (κ2) is 6.10. The van der Waals surface area contributed by atoms with Gasteiger partial charge in [-0.2, -0.15) is 5.10 Å². The molecule has 0 saturated carbocycles. The molecule has 0 aliphatic carbocycles. The minimum Gasteiger partial charge on any atom is -0.377 e. The lowest BCUT2D eigenvalue weighted by molar-refractivity contribution is -0.141. The first-order valence-electron chi connectivity index (χ1n) is 7.06. The average molecular weight is 303 g/mol. The highest BCUT2D eigenvalue weighted by atomic mass is 16.5. The van der Waals surface area contributed by atoms with E-state index in [4.69, 9.17) is 4.74 Å². The number of morpholine rings is 1. The summed E-state index contributed by atoms with van der Waals surface area (Å²) in [5.74, 6) is 0.448. The maximum Gasteiger partial charge on any atom is 0.251 e. The third-order valence-corrected chi connectivity index (χ3v) is 3.53. The van der Waals surface area contributed by atoms with Gasteiger partial charge in [-0.3, -0.25) is 14.3 Å². The number of carbonyl (C=O) groups is 1. The Morgan fingerprint density at radius 3 is 3.14 bits per heavy atom. The van der Waals surface area contributed by atoms with Crippen molar-refractivity contribution < 1.29 is 9.53 Å². The lowest BCUT2D eigenvalue weighted by Gasteiger charge is -2.35. The van der Waals surface area contributed by atoms with Gasteiger partial charge in [0.25, 0.3) is 5.56 Å². The number of rotatable bonds is 3. The van der Waals surface area contributed by atoms with Crippen molar-refractivity contribution >= 4 is 5.91 Å². The number of hydrogen-bond donors (Lipinski definition) is 1. The van der Waals surface area contributed by atoms with Crippen LogP contribution in [0.25, 0.3) is 0 Å². The maximum atomic E-state index is 12.5. The molecule has 8 heteroatoms. The average Bonchev–Trinajstić information content (AvgIpc) is 2.99. The van der Waals surface area contributed by atoms with Crippen LogP contribution in [0.1, 0.15) is 17.6 Å². The van der Waals surface area contributed by atoms with Gasteiger partial charge >= 0.3 is 0 Å². The highest BCUT2D eigenvalue weighted by molar-refractivity contribution is 5.76. The van der Waals surface area contributed by atoms with Crippen LogP contribution in [0.4, 0.5) is 0 Å². The van der Waals surface area contributed by atoms with Gasteiger partial charge in [0.2, 0.25) is 5.91 Å². The van der Waals surface area contributed by atoms with E-state index in [0.29, 0.717) is 31.3 Å². The van der Waals surface area contributed by atoms with Crippen molar-refractivity contribution in [2.45, 2.75) is 19.5 Å². The summed E-state index contributed by atoms with van der Waals surface area (Å²) >= 11 is 0. The van der Waals surface area contributed by atoms with E-state index in [1.807, 2.05) is 0 Å². The topological polar surface area (TPSA) is 93.1 Å². The van der Waals surface area contributed by atoms with E-state index in [0.717, 1.165) is 0 Å². The molecule has 3 rings (SSSR count). The predicted molar refractivity (Wildman–Crippen MR) is 77.1 cm³/mol. The highest BCUT2D eigenvalue weighted by Gasteiger charge is 2.30. The van der Waals surface area contributed by atoms with E-state index in [1.165, 1.54) is 6.07 Å². The van der Waals surface area contributed by atoms with Crippen LogP contribution in [0.3, 0.4) is 0 Å². The molecule has 2 aromatic heterocycles. The van der Waals surface area contributed by atoms with E-state index in [-0.39, 0.29) is 24.1 Å². The Hall–Kier alpha value is -2.48. The Labute approximate surface area is 126 Å². The molecule has 1 atom stereocenters. The van der Waals surface area contributed by atoms with Crippen molar-refractivity contribution in [1.82, 2.24) is 24.6 Å². The normalized spacial score (nSPS) is 18.4. The van der Waals surface area contributed by atoms with E-state index in [9.17, 15) is 9.59 Å². The number of aromatic nitrogens is 4. The molecule has 0 aromatic carbocycles. The van der Waals surface area contributed by atoms with Gasteiger partial charge in [0.15, 0.2) is 0 Å². The summed E-state index contributed by atoms with van der Waals surface area (Å²) in [6.07, 6.45) is 3.37. The quantitative estimate of drug-likeness (QED) is 0.853. The molecular formula is C14H17N5O3. The molecule has 22 heavy (non-hydrogen) atoms. The first-order valence-corrected chi connectivity index (χ1v) is 7.06. The molecule has 1 N–H and O–H groups in total. The smallest absolute Gasteiger partial charge is 0.251 e. The van der Waals surface area contributed by atoms with Gasteiger partial charge < -0.3 is 14.6 Å². The highest BCUT2D eigenvalue weighted by Crippen LogP contribution is 2.22. The molecule has 0 radical (unpaired) electrons. The van der Waals surface area contributed by atoms with E-state index in [2.05, 4.69) is 15.1 Å². The van der Waals surface area contributed by atoms with Gasteiger partial charge in [-0.15, -0.1) is 0 Å². The molecule has 116 valence electrons. The lowest BCUT2D eigenvalue weighted by Crippen LogP contribution is -2.45. The van der Waals surface area contributed by atoms with E-state index < -0.39 is 0 Å². The second-order valence-corrected chi connectivity index (χ2v) is 5.14. The minimum atomic E-state index is -0.349. The van der Waals surface area contributed by atoms with Crippen LogP contribution < -0.4 is 5.56 Å². The Bertz CT molecular complexity index is 710. The molecular weight excluding hydrogens is 286 g/mol. The maximum absolute atomic E-state index is 12.5. The number of nitrogens with zero attached hydrogens (tertiary/aromatic N) is 4. The SMILES string of the molecule is Cc1nc(C2COCCN2C(=O)Cn2cccn2)cc(=O)[nH]1. The monoisotopic (exact) mass is 303 g/mol. The molecule has 0 bridgehead atoms. The summed E-state index contributed by atoms with van der Waals surface area (Å²) < 4.78 is 7.04. The molecule has 1 aliphatic rings. The molecule has 1 aliphatic heterocycles. The third kappa shape index (κ3) is 3.06. The summed E-state index contributed by atoms with van der Waals surface area (Å²) in [6.45, 7) is 3.15. The van der Waals surface area contributed by atoms with Gasteiger partial charge in [0.1, 0.15) is 12.4 Å². The number of carbonyl (C=O) groups excluding carboxylic acids is 1. The summed E-state index contributed by atoms with van der Waals surface area (Å²) in [6, 6.07) is 2.84. The number of ether oxygens (including phenoxy) is 1. The number of H-pyrrole nitrogens is 1. The van der Waals surface area contributed by atoms with Crippen LogP contribution in [0.2, 0.25) is 0 Å². The van der Waals surface area contributed by atoms with Crippen LogP contribution in [0.15, 0.2) is 29.3 Å². The standard InChI is InChI=1S/C14H17N5O3/c1-10-16-11(7-13(20)17-10)12-9-22-6-5-19(12)14(21)8-18-4-2-3-15-18/h2-4,7,12H,5-6,8-9H2,1H3,(H,16,17,20). The number of amides is 1. The fourth-order valence-electron chi connectivity index (χ4n) is 2.54. The summed E-state index contributed by atoms with van der Waals surface area (Å²) in [5, 5.41) is 4.04. The van der Waals surface area contributed by atoms with Gasteiger partial charge in [0.05, 0.1) is 24.9 Å². The van der Waals surface area contributed by atoms with Gasteiger partial charge in [-0.1, -0.05) is 0 Å². The summed E-state index contributed by atoms with van der Waals surface area (Å²) in [7, 11) is 0. The van der Waals surface area contributed by atoms with Crippen molar-refractivity contribution in [3.8, 4) is 0 Å². The zero-order chi connectivity index (χ0) is 15.5. The molecule has 8 nitrogen and oxygen atoms in total. The number of nitrogens with one attached hydrogen (secondary N) is 1. The first-order chi connectivity index (χ1) is 10.6. The van der Waals surface area contributed by atoms with Crippen LogP contribution in [0, 0.1) is 6.92 Å². The lowest BCUT2D eigenvalue weighted by atomic mass is 10.1. The van der Waals surface area contributed by atoms with Crippen LogP contribution in [0.5, 0.6) is 0 Å². The fourth-order valence-corrected chi connectivity index (χ4v) is 2.54. The molecule has 1 fully saturated rings. The largest absolute Gasteiger partial charge is 0.377 e. The molecule has 1 unspecified atom stereocenters. The Kier molecular flexibility index (Phi) is 4.01. The Balaban J connectivity index is 1.84. The molecule has 2 aromatic rings. The van der Waals surface area contributed by atoms with Gasteiger partial charge in [-0.25, -0.2) is 4.98 Å². The fraction of sp³-hybridized carbons (Fsp3) is 0.429. The van der Waals surface area contributed by atoms with Crippen molar-refractivity contribution in [1.29, 1.82) is 0 Å². The zero-order valence-corrected chi connectivity index (χ0v) is 12.2. The molecule has 3 heterocycles. The number of aromatic amines is 1. The van der Waals surface area contributed by atoms with Gasteiger partial charge in [0, 0.05) is 25.0 Å². The summed E-state index contributed by atoms with van der Waals surface area (Å²) in [4.78, 5) is 32.8. The predicted octanol–water partition coefficient (Wildman–Crippen LogP) is -0.125. The minimum absolute atomic E-state index is 0.0725. The van der Waals surface area contributed by atoms with Crippen LogP contribution in [-0.4, -0.2) is 50.3 Å². The molecule has 1 amide bonds. The van der Waals surface area contributed by atoms with E-state index in [1.54, 1.807) is 35.0 Å². The Morgan fingerprint density at radius 2 is 2.41 bits per heavy atom. The Morgan fingerprint density at radius 1 is 1.55 bits per heavy atom. The number of aryl methyl sites for hydroxylation is 1. The van der Waals surface area contributed by atoms with Crippen molar-refractivity contribution in [3.63, 3.8) is 0 Å². The van der Waals surface area contributed by atoms with Crippen molar-refractivity contribution in [2.75, 3.05) is 19.8 Å². The van der Waals surface area contributed by atoms with Crippen LogP contribution >= 0.6 is 0 Å². The van der Waals surface area contributed by atoms with Crippen LogP contribution in [-0.2, 0) is 16.1 Å². The first kappa shape index (κ1) is 14.5. The molecule has 0 spiro atoms. The zero-order valence-electron chi connectivity index (χ0n) is 12.2. The van der Waals surface area contributed by atoms with Gasteiger partial charge in [-0.05, 0) is 13.0 Å². The van der Waals surface area contributed by atoms with Crippen molar-refractivity contribution in [2.24, 2.45) is 0 Å². The molecule has 1 saturated heterocycles. The van der Waals surface area contributed by atoms with E-state index >= 15 is 0 Å². The second-order valence-electron chi connectivity index (χ2n) is 5.14.